The van der Waals surface area contributed by atoms with Crippen molar-refractivity contribution in [2.75, 3.05) is 18.1 Å². The number of nitrogens with zero attached hydrogens (tertiary/aromatic N) is 2. The van der Waals surface area contributed by atoms with Crippen LogP contribution >= 0.6 is 0 Å². The molecule has 0 atom stereocenters. The molecule has 0 bridgehead atoms. The monoisotopic (exact) mass is 591 g/mol. The number of ether oxygens (including phenoxy) is 2. The second-order valence-electron chi connectivity index (χ2n) is 9.88. The van der Waals surface area contributed by atoms with E-state index in [1.807, 2.05) is 24.6 Å². The third-order valence-corrected chi connectivity index (χ3v) is 8.11. The van der Waals surface area contributed by atoms with E-state index < -0.39 is 27.5 Å². The van der Waals surface area contributed by atoms with Gasteiger partial charge in [0.05, 0.1) is 37.5 Å². The van der Waals surface area contributed by atoms with Crippen molar-refractivity contribution in [1.29, 1.82) is 0 Å². The molecule has 0 fully saturated rings. The minimum atomic E-state index is -4.03. The van der Waals surface area contributed by atoms with Gasteiger partial charge in [0.25, 0.3) is 5.91 Å². The molecular formula is C31H30FN3O6S. The van der Waals surface area contributed by atoms with Gasteiger partial charge in [-0.3, -0.25) is 19.3 Å². The number of carbonyl (C=O) groups excluding carboxylic acids is 2. The van der Waals surface area contributed by atoms with Gasteiger partial charge in [-0.05, 0) is 67.8 Å². The van der Waals surface area contributed by atoms with Gasteiger partial charge in [0.15, 0.2) is 5.75 Å². The van der Waals surface area contributed by atoms with Crippen molar-refractivity contribution >= 4 is 38.4 Å². The molecule has 0 aliphatic carbocycles. The molecule has 42 heavy (non-hydrogen) atoms. The Morgan fingerprint density at radius 3 is 2.50 bits per heavy atom. The highest BCUT2D eigenvalue weighted by atomic mass is 32.2. The Balaban J connectivity index is 1.39. The van der Waals surface area contributed by atoms with Crippen LogP contribution in [0.25, 0.3) is 10.9 Å². The van der Waals surface area contributed by atoms with E-state index >= 15 is 0 Å². The number of fused-ring (bicyclic) bond motifs is 2. The first-order valence-electron chi connectivity index (χ1n) is 13.5. The third kappa shape index (κ3) is 5.78. The number of halogens is 1. The van der Waals surface area contributed by atoms with Crippen LogP contribution in [0.1, 0.15) is 46.5 Å². The molecule has 1 aliphatic rings. The second kappa shape index (κ2) is 11.8. The Morgan fingerprint density at radius 2 is 1.79 bits per heavy atom. The zero-order valence-electron chi connectivity index (χ0n) is 23.4. The predicted molar refractivity (Wildman–Crippen MR) is 157 cm³/mol. The van der Waals surface area contributed by atoms with E-state index in [0.717, 1.165) is 0 Å². The summed E-state index contributed by atoms with van der Waals surface area (Å²) in [4.78, 5) is 32.3. The lowest BCUT2D eigenvalue weighted by Gasteiger charge is -2.19. The molecule has 2 amide bonds. The zero-order chi connectivity index (χ0) is 30.0. The molecule has 1 N–H and O–H groups in total. The van der Waals surface area contributed by atoms with E-state index in [1.165, 1.54) is 18.2 Å². The summed E-state index contributed by atoms with van der Waals surface area (Å²) in [5, 5.41) is 0.688. The van der Waals surface area contributed by atoms with Gasteiger partial charge in [0.1, 0.15) is 17.1 Å². The Labute approximate surface area is 243 Å². The summed E-state index contributed by atoms with van der Waals surface area (Å²) < 4.78 is 52.9. The number of benzene rings is 3. The van der Waals surface area contributed by atoms with Crippen LogP contribution in [0.5, 0.6) is 11.5 Å². The lowest BCUT2D eigenvalue weighted by molar-refractivity contribution is -0.118. The molecule has 4 aromatic rings. The minimum Gasteiger partial charge on any atom is -0.492 e. The molecule has 5 rings (SSSR count). The molecule has 11 heteroatoms. The van der Waals surface area contributed by atoms with Crippen LogP contribution in [0.3, 0.4) is 0 Å². The van der Waals surface area contributed by atoms with Crippen LogP contribution < -0.4 is 19.1 Å². The van der Waals surface area contributed by atoms with Crippen molar-refractivity contribution in [3.63, 3.8) is 0 Å². The molecule has 0 spiro atoms. The van der Waals surface area contributed by atoms with Crippen LogP contribution in [0.15, 0.2) is 60.8 Å². The van der Waals surface area contributed by atoms with Crippen molar-refractivity contribution in [3.8, 4) is 11.5 Å². The number of carbonyl (C=O) groups is 2. The van der Waals surface area contributed by atoms with Gasteiger partial charge in [-0.15, -0.1) is 0 Å². The number of sulfonamides is 1. The average molecular weight is 592 g/mol. The van der Waals surface area contributed by atoms with Gasteiger partial charge in [-0.2, -0.15) is 0 Å². The molecule has 2 heterocycles. The molecule has 1 aromatic heterocycles. The largest absolute Gasteiger partial charge is 0.492 e. The molecule has 1 aliphatic heterocycles. The van der Waals surface area contributed by atoms with E-state index in [2.05, 4.69) is 4.98 Å². The molecule has 0 unspecified atom stereocenters. The quantitative estimate of drug-likeness (QED) is 0.281. The van der Waals surface area contributed by atoms with E-state index in [0.29, 0.717) is 69.1 Å². The fourth-order valence-corrected chi connectivity index (χ4v) is 6.35. The number of hydrogen-bond acceptors (Lipinski definition) is 7. The standard InChI is InChI=1S/C31H30FN3O6S/c1-4-40-29-23-10-7-13-33-28(23)30(41-5-2)24-17-35(31(37)27(24)29)25-12-11-21(14-19(25)3)18-42(38,39)34-26(36)16-20-8-6-9-22(32)15-20/h6-15H,4-5,16-18H2,1-3H3,(H,34,36). The Hall–Kier alpha value is -4.51. The minimum absolute atomic E-state index is 0.227. The summed E-state index contributed by atoms with van der Waals surface area (Å²) in [7, 11) is -4.03. The predicted octanol–water partition coefficient (Wildman–Crippen LogP) is 4.83. The SMILES string of the molecule is CCOc1c2c(c(OCC)c3ncccc13)CN(c1ccc(CS(=O)(=O)NC(=O)Cc3cccc(F)c3)cc1C)C2=O. The summed E-state index contributed by atoms with van der Waals surface area (Å²) >= 11 is 0. The summed E-state index contributed by atoms with van der Waals surface area (Å²) in [5.74, 6) is -0.971. The molecular weight excluding hydrogens is 561 g/mol. The third-order valence-electron chi connectivity index (χ3n) is 6.85. The van der Waals surface area contributed by atoms with E-state index in [4.69, 9.17) is 9.47 Å². The van der Waals surface area contributed by atoms with Crippen molar-refractivity contribution in [2.24, 2.45) is 0 Å². The van der Waals surface area contributed by atoms with Gasteiger partial charge in [0, 0.05) is 22.8 Å². The number of nitrogens with one attached hydrogen (secondary N) is 1. The summed E-state index contributed by atoms with van der Waals surface area (Å²) in [5.41, 5.74) is 3.81. The molecule has 218 valence electrons. The maximum absolute atomic E-state index is 13.9. The van der Waals surface area contributed by atoms with Crippen molar-refractivity contribution in [3.05, 3.63) is 94.4 Å². The van der Waals surface area contributed by atoms with Gasteiger partial charge in [-0.1, -0.05) is 24.3 Å². The van der Waals surface area contributed by atoms with Crippen LogP contribution in [-0.2, 0) is 33.5 Å². The summed E-state index contributed by atoms with van der Waals surface area (Å²) in [6, 6.07) is 14.0. The Kier molecular flexibility index (Phi) is 8.13. The van der Waals surface area contributed by atoms with Crippen molar-refractivity contribution in [1.82, 2.24) is 9.71 Å². The zero-order valence-corrected chi connectivity index (χ0v) is 24.3. The number of rotatable bonds is 10. The number of hydrogen-bond donors (Lipinski definition) is 1. The highest BCUT2D eigenvalue weighted by molar-refractivity contribution is 7.89. The molecule has 0 saturated heterocycles. The van der Waals surface area contributed by atoms with Crippen LogP contribution in [-0.4, -0.2) is 38.4 Å². The normalized spacial score (nSPS) is 12.9. The van der Waals surface area contributed by atoms with E-state index in [9.17, 15) is 22.4 Å². The number of pyridine rings is 1. The molecule has 3 aromatic carbocycles. The number of aryl methyl sites for hydroxylation is 1. The molecule has 0 saturated carbocycles. The molecule has 9 nitrogen and oxygen atoms in total. The van der Waals surface area contributed by atoms with Crippen molar-refractivity contribution in [2.45, 2.75) is 39.5 Å². The van der Waals surface area contributed by atoms with Gasteiger partial charge >= 0.3 is 0 Å². The van der Waals surface area contributed by atoms with Crippen molar-refractivity contribution < 1.29 is 31.9 Å². The van der Waals surface area contributed by atoms with E-state index in [-0.39, 0.29) is 18.9 Å². The smallest absolute Gasteiger partial charge is 0.262 e. The Bertz CT molecular complexity index is 1810. The first-order chi connectivity index (χ1) is 20.1. The maximum atomic E-state index is 13.9. The van der Waals surface area contributed by atoms with Crippen LogP contribution in [0.4, 0.5) is 10.1 Å². The van der Waals surface area contributed by atoms with Crippen LogP contribution in [0, 0.1) is 12.7 Å². The van der Waals surface area contributed by atoms with E-state index in [1.54, 1.807) is 48.4 Å². The molecule has 0 radical (unpaired) electrons. The Morgan fingerprint density at radius 1 is 1.02 bits per heavy atom. The number of anilines is 1. The number of amides is 2. The van der Waals surface area contributed by atoms with Gasteiger partial charge in [0.2, 0.25) is 15.9 Å². The lowest BCUT2D eigenvalue weighted by atomic mass is 10.0. The topological polar surface area (TPSA) is 115 Å². The summed E-state index contributed by atoms with van der Waals surface area (Å²) in [6.45, 7) is 6.48. The van der Waals surface area contributed by atoms with Crippen LogP contribution in [0.2, 0.25) is 0 Å². The number of aromatic nitrogens is 1. The fourth-order valence-electron chi connectivity index (χ4n) is 5.24. The second-order valence-corrected chi connectivity index (χ2v) is 11.6. The first kappa shape index (κ1) is 29.0. The maximum Gasteiger partial charge on any atom is 0.262 e. The lowest BCUT2D eigenvalue weighted by Crippen LogP contribution is -2.32. The summed E-state index contributed by atoms with van der Waals surface area (Å²) in [6.07, 6.45) is 1.40. The first-order valence-corrected chi connectivity index (χ1v) is 15.1. The highest BCUT2D eigenvalue weighted by Gasteiger charge is 2.37. The van der Waals surface area contributed by atoms with Gasteiger partial charge < -0.3 is 14.4 Å². The average Bonchev–Trinajstić information content (AvgIpc) is 3.26. The fraction of sp³-hybridized carbons (Fsp3) is 0.258. The highest BCUT2D eigenvalue weighted by Crippen LogP contribution is 2.45. The van der Waals surface area contributed by atoms with Gasteiger partial charge in [-0.25, -0.2) is 12.8 Å².